The Balaban J connectivity index is 1.55. The van der Waals surface area contributed by atoms with Crippen LogP contribution < -0.4 is 10.0 Å². The van der Waals surface area contributed by atoms with E-state index < -0.39 is 22.0 Å². The van der Waals surface area contributed by atoms with Crippen molar-refractivity contribution in [1.82, 2.24) is 19.6 Å². The van der Waals surface area contributed by atoms with Crippen molar-refractivity contribution in [3.05, 3.63) is 102 Å². The number of benzene rings is 3. The number of sulfonamides is 1. The minimum Gasteiger partial charge on any atom is -0.476 e. The quantitative estimate of drug-likeness (QED) is 0.237. The summed E-state index contributed by atoms with van der Waals surface area (Å²) in [7, 11) is -4.17. The highest BCUT2D eigenvalue weighted by molar-refractivity contribution is 7.98. The van der Waals surface area contributed by atoms with E-state index in [1.807, 2.05) is 49.4 Å². The third-order valence-electron chi connectivity index (χ3n) is 6.03. The summed E-state index contributed by atoms with van der Waals surface area (Å²) in [5.74, 6) is -0.364. The highest BCUT2D eigenvalue weighted by atomic mass is 32.2. The number of carboxylic acids is 1. The summed E-state index contributed by atoms with van der Waals surface area (Å²) in [4.78, 5) is 28.7. The van der Waals surface area contributed by atoms with Crippen molar-refractivity contribution < 1.29 is 23.1 Å². The number of aromatic carboxylic acids is 1. The van der Waals surface area contributed by atoms with Gasteiger partial charge in [0.1, 0.15) is 10.9 Å². The van der Waals surface area contributed by atoms with Gasteiger partial charge in [-0.2, -0.15) is 0 Å². The second kappa shape index (κ2) is 12.2. The zero-order valence-electron chi connectivity index (χ0n) is 21.4. The van der Waals surface area contributed by atoms with Gasteiger partial charge in [-0.15, -0.1) is 11.8 Å². The van der Waals surface area contributed by atoms with Crippen LogP contribution in [0.1, 0.15) is 34.4 Å². The van der Waals surface area contributed by atoms with Gasteiger partial charge in [-0.05, 0) is 29.0 Å². The van der Waals surface area contributed by atoms with Gasteiger partial charge in [-0.3, -0.25) is 0 Å². The third-order valence-corrected chi connectivity index (χ3v) is 8.09. The molecular weight excluding hydrogens is 536 g/mol. The van der Waals surface area contributed by atoms with Gasteiger partial charge in [-0.25, -0.2) is 27.7 Å². The SMILES string of the molecule is CCc1nc(SC)c(C(=O)O)n1Cc1ccc(-c2ccccc2S(=O)(=O)NC(=O)NCc2ccccc2)cc1. The van der Waals surface area contributed by atoms with Crippen LogP contribution in [0.2, 0.25) is 0 Å². The number of amides is 2. The summed E-state index contributed by atoms with van der Waals surface area (Å²) in [6.45, 7) is 2.41. The van der Waals surface area contributed by atoms with Crippen LogP contribution in [0.3, 0.4) is 0 Å². The standard InChI is InChI=1S/C28H28N4O5S2/c1-3-24-30-26(38-2)25(27(33)34)32(24)18-20-13-15-21(16-14-20)22-11-7-8-12-23(22)39(36,37)31-28(35)29-17-19-9-5-4-6-10-19/h4-16H,3,17-18H2,1-2H3,(H,33,34)(H2,29,31,35). The molecule has 0 aliphatic heterocycles. The van der Waals surface area contributed by atoms with Crippen LogP contribution in [0.25, 0.3) is 11.1 Å². The molecule has 39 heavy (non-hydrogen) atoms. The predicted molar refractivity (Wildman–Crippen MR) is 150 cm³/mol. The van der Waals surface area contributed by atoms with Gasteiger partial charge in [0.05, 0.1) is 4.90 Å². The number of carbonyl (C=O) groups is 2. The average Bonchev–Trinajstić information content (AvgIpc) is 3.30. The van der Waals surface area contributed by atoms with Gasteiger partial charge in [0, 0.05) is 25.1 Å². The zero-order valence-corrected chi connectivity index (χ0v) is 23.1. The molecule has 4 rings (SSSR count). The third kappa shape index (κ3) is 6.50. The smallest absolute Gasteiger partial charge is 0.355 e. The van der Waals surface area contributed by atoms with Crippen LogP contribution in [0, 0.1) is 0 Å². The Morgan fingerprint density at radius 2 is 1.62 bits per heavy atom. The summed E-state index contributed by atoms with van der Waals surface area (Å²) in [5, 5.41) is 12.8. The van der Waals surface area contributed by atoms with Crippen molar-refractivity contribution in [1.29, 1.82) is 0 Å². The predicted octanol–water partition coefficient (Wildman–Crippen LogP) is 4.77. The number of nitrogens with one attached hydrogen (secondary N) is 2. The van der Waals surface area contributed by atoms with Gasteiger partial charge >= 0.3 is 12.0 Å². The molecule has 4 aromatic rings. The summed E-state index contributed by atoms with van der Waals surface area (Å²) in [5.41, 5.74) is 2.89. The van der Waals surface area contributed by atoms with Gasteiger partial charge in [0.2, 0.25) is 0 Å². The van der Waals surface area contributed by atoms with E-state index in [4.69, 9.17) is 0 Å². The molecule has 1 aromatic heterocycles. The Morgan fingerprint density at radius 1 is 0.949 bits per heavy atom. The zero-order chi connectivity index (χ0) is 28.0. The number of carboxylic acid groups (broad SMARTS) is 1. The van der Waals surface area contributed by atoms with Crippen molar-refractivity contribution in [3.8, 4) is 11.1 Å². The van der Waals surface area contributed by atoms with E-state index in [1.54, 1.807) is 41.2 Å². The fourth-order valence-corrected chi connectivity index (χ4v) is 5.91. The molecule has 3 N–H and O–H groups in total. The largest absolute Gasteiger partial charge is 0.476 e. The number of rotatable bonds is 10. The Morgan fingerprint density at radius 3 is 2.26 bits per heavy atom. The number of aryl methyl sites for hydroxylation is 1. The van der Waals surface area contributed by atoms with Crippen LogP contribution in [0.15, 0.2) is 88.8 Å². The molecule has 2 amide bonds. The number of carbonyl (C=O) groups excluding carboxylic acids is 1. The Bertz CT molecular complexity index is 1580. The van der Waals surface area contributed by atoms with Gasteiger partial charge in [0.25, 0.3) is 10.0 Å². The van der Waals surface area contributed by atoms with E-state index in [2.05, 4.69) is 15.0 Å². The normalized spacial score (nSPS) is 11.2. The van der Waals surface area contributed by atoms with Gasteiger partial charge in [-0.1, -0.05) is 79.7 Å². The van der Waals surface area contributed by atoms with E-state index in [0.29, 0.717) is 34.9 Å². The summed E-state index contributed by atoms with van der Waals surface area (Å²) < 4.78 is 30.0. The number of thioether (sulfide) groups is 1. The van der Waals surface area contributed by atoms with E-state index in [9.17, 15) is 23.1 Å². The molecule has 1 heterocycles. The summed E-state index contributed by atoms with van der Waals surface area (Å²) in [6, 6.07) is 22.0. The first-order valence-electron chi connectivity index (χ1n) is 12.1. The number of aromatic nitrogens is 2. The van der Waals surface area contributed by atoms with E-state index >= 15 is 0 Å². The minimum atomic E-state index is -4.17. The van der Waals surface area contributed by atoms with Crippen molar-refractivity contribution >= 4 is 33.8 Å². The molecule has 0 radical (unpaired) electrons. The average molecular weight is 565 g/mol. The Labute approximate surface area is 231 Å². The number of hydrogen-bond acceptors (Lipinski definition) is 6. The van der Waals surface area contributed by atoms with Crippen LogP contribution in [0.5, 0.6) is 0 Å². The molecule has 0 aliphatic carbocycles. The molecule has 0 saturated heterocycles. The monoisotopic (exact) mass is 564 g/mol. The van der Waals surface area contributed by atoms with Crippen molar-refractivity contribution in [2.24, 2.45) is 0 Å². The van der Waals surface area contributed by atoms with E-state index in [0.717, 1.165) is 11.1 Å². The van der Waals surface area contributed by atoms with Crippen molar-refractivity contribution in [3.63, 3.8) is 0 Å². The lowest BCUT2D eigenvalue weighted by Gasteiger charge is -2.14. The van der Waals surface area contributed by atoms with Crippen molar-refractivity contribution in [2.75, 3.05) is 6.26 Å². The molecule has 11 heteroatoms. The second-order valence-electron chi connectivity index (χ2n) is 8.60. The lowest BCUT2D eigenvalue weighted by Crippen LogP contribution is -2.39. The topological polar surface area (TPSA) is 130 Å². The van der Waals surface area contributed by atoms with E-state index in [1.165, 1.54) is 17.8 Å². The molecule has 0 saturated carbocycles. The molecule has 9 nitrogen and oxygen atoms in total. The number of imidazole rings is 1. The highest BCUT2D eigenvalue weighted by Gasteiger charge is 2.23. The molecule has 202 valence electrons. The summed E-state index contributed by atoms with van der Waals surface area (Å²) in [6.07, 6.45) is 2.37. The lowest BCUT2D eigenvalue weighted by molar-refractivity contribution is 0.0681. The minimum absolute atomic E-state index is 0.0340. The maximum absolute atomic E-state index is 13.1. The Hall–Kier alpha value is -4.09. The molecular formula is C28H28N4O5S2. The fourth-order valence-electron chi connectivity index (χ4n) is 4.17. The van der Waals surface area contributed by atoms with Crippen LogP contribution in [-0.4, -0.2) is 41.3 Å². The van der Waals surface area contributed by atoms with E-state index in [-0.39, 0.29) is 17.1 Å². The Kier molecular flexibility index (Phi) is 8.72. The maximum Gasteiger partial charge on any atom is 0.355 e. The fraction of sp³-hybridized carbons (Fsp3) is 0.179. The van der Waals surface area contributed by atoms with Crippen LogP contribution in [-0.2, 0) is 29.5 Å². The first-order valence-corrected chi connectivity index (χ1v) is 14.8. The first kappa shape index (κ1) is 27.9. The van der Waals surface area contributed by atoms with Crippen LogP contribution in [0.4, 0.5) is 4.79 Å². The van der Waals surface area contributed by atoms with Crippen LogP contribution >= 0.6 is 11.8 Å². The molecule has 0 atom stereocenters. The second-order valence-corrected chi connectivity index (χ2v) is 11.0. The van der Waals surface area contributed by atoms with Crippen molar-refractivity contribution in [2.45, 2.75) is 36.4 Å². The molecule has 0 aliphatic rings. The van der Waals surface area contributed by atoms with Gasteiger partial charge in [0.15, 0.2) is 5.69 Å². The summed E-state index contributed by atoms with van der Waals surface area (Å²) >= 11 is 1.29. The number of urea groups is 1. The lowest BCUT2D eigenvalue weighted by atomic mass is 10.0. The molecule has 3 aromatic carbocycles. The highest BCUT2D eigenvalue weighted by Crippen LogP contribution is 2.28. The molecule has 0 unspecified atom stereocenters. The molecule has 0 spiro atoms. The molecule has 0 bridgehead atoms. The first-order chi connectivity index (χ1) is 18.7. The maximum atomic E-state index is 13.1. The van der Waals surface area contributed by atoms with Gasteiger partial charge < -0.3 is 15.0 Å². The number of hydrogen-bond donors (Lipinski definition) is 3. The molecule has 0 fully saturated rings. The number of nitrogens with zero attached hydrogens (tertiary/aromatic N) is 2.